The van der Waals surface area contributed by atoms with Crippen LogP contribution >= 0.6 is 0 Å². The lowest BCUT2D eigenvalue weighted by atomic mass is 10.0. The van der Waals surface area contributed by atoms with Crippen molar-refractivity contribution in [1.29, 1.82) is 0 Å². The molecule has 1 unspecified atom stereocenters. The van der Waals surface area contributed by atoms with Crippen LogP contribution in [0, 0.1) is 0 Å². The van der Waals surface area contributed by atoms with Gasteiger partial charge in [-0.15, -0.1) is 0 Å². The molecule has 1 atom stereocenters. The Morgan fingerprint density at radius 3 is 3.04 bits per heavy atom. The van der Waals surface area contributed by atoms with Gasteiger partial charge in [-0.1, -0.05) is 6.92 Å². The fourth-order valence-corrected chi connectivity index (χ4v) is 2.93. The lowest BCUT2D eigenvalue weighted by Crippen LogP contribution is -2.52. The Hall–Kier alpha value is -1.82. The average Bonchev–Trinajstić information content (AvgIpc) is 3.11. The SMILES string of the molecule is CCCC(=O)N1CCCCC1C(=O)NCCCOCc1ccco1. The van der Waals surface area contributed by atoms with Crippen molar-refractivity contribution < 1.29 is 18.7 Å². The fraction of sp³-hybridized carbons (Fsp3) is 0.667. The van der Waals surface area contributed by atoms with Crippen LogP contribution in [-0.4, -0.2) is 42.5 Å². The van der Waals surface area contributed by atoms with E-state index in [0.29, 0.717) is 32.7 Å². The van der Waals surface area contributed by atoms with Gasteiger partial charge in [0, 0.05) is 26.1 Å². The quantitative estimate of drug-likeness (QED) is 0.703. The molecule has 0 spiro atoms. The van der Waals surface area contributed by atoms with Gasteiger partial charge in [-0.05, 0) is 44.2 Å². The summed E-state index contributed by atoms with van der Waals surface area (Å²) in [5.41, 5.74) is 0. The minimum absolute atomic E-state index is 0.0369. The van der Waals surface area contributed by atoms with Crippen molar-refractivity contribution >= 4 is 11.8 Å². The maximum absolute atomic E-state index is 12.4. The number of piperidine rings is 1. The molecule has 0 bridgehead atoms. The second-order valence-electron chi connectivity index (χ2n) is 6.13. The van der Waals surface area contributed by atoms with Crippen molar-refractivity contribution in [1.82, 2.24) is 10.2 Å². The van der Waals surface area contributed by atoms with Crippen LogP contribution in [0.3, 0.4) is 0 Å². The molecule has 2 rings (SSSR count). The minimum atomic E-state index is -0.304. The third-order valence-corrected chi connectivity index (χ3v) is 4.18. The normalized spacial score (nSPS) is 17.7. The molecule has 24 heavy (non-hydrogen) atoms. The molecule has 1 aromatic heterocycles. The Morgan fingerprint density at radius 2 is 2.29 bits per heavy atom. The van der Waals surface area contributed by atoms with Crippen molar-refractivity contribution in [3.8, 4) is 0 Å². The molecule has 0 radical (unpaired) electrons. The maximum atomic E-state index is 12.4. The van der Waals surface area contributed by atoms with E-state index in [0.717, 1.165) is 37.9 Å². The van der Waals surface area contributed by atoms with Crippen molar-refractivity contribution in [3.63, 3.8) is 0 Å². The summed E-state index contributed by atoms with van der Waals surface area (Å²) in [5, 5.41) is 2.94. The zero-order valence-corrected chi connectivity index (χ0v) is 14.5. The van der Waals surface area contributed by atoms with E-state index in [9.17, 15) is 9.59 Å². The van der Waals surface area contributed by atoms with Crippen LogP contribution in [0.2, 0.25) is 0 Å². The number of nitrogens with one attached hydrogen (secondary N) is 1. The number of likely N-dealkylation sites (tertiary alicyclic amines) is 1. The van der Waals surface area contributed by atoms with E-state index in [2.05, 4.69) is 5.32 Å². The van der Waals surface area contributed by atoms with Gasteiger partial charge in [0.25, 0.3) is 0 Å². The first kappa shape index (κ1) is 18.5. The molecule has 2 amide bonds. The molecular formula is C18H28N2O4. The third-order valence-electron chi connectivity index (χ3n) is 4.18. The summed E-state index contributed by atoms with van der Waals surface area (Å²) in [6, 6.07) is 3.39. The molecule has 1 aliphatic heterocycles. The van der Waals surface area contributed by atoms with Crippen molar-refractivity contribution in [3.05, 3.63) is 24.2 Å². The zero-order valence-electron chi connectivity index (χ0n) is 14.5. The highest BCUT2D eigenvalue weighted by molar-refractivity contribution is 5.87. The van der Waals surface area contributed by atoms with Gasteiger partial charge in [0.2, 0.25) is 11.8 Å². The van der Waals surface area contributed by atoms with Crippen LogP contribution in [0.4, 0.5) is 0 Å². The van der Waals surface area contributed by atoms with E-state index >= 15 is 0 Å². The van der Waals surface area contributed by atoms with Gasteiger partial charge in [-0.25, -0.2) is 0 Å². The van der Waals surface area contributed by atoms with Gasteiger partial charge in [-0.2, -0.15) is 0 Å². The summed E-state index contributed by atoms with van der Waals surface area (Å²) in [7, 11) is 0. The van der Waals surface area contributed by atoms with Gasteiger partial charge in [-0.3, -0.25) is 9.59 Å². The van der Waals surface area contributed by atoms with Crippen LogP contribution < -0.4 is 5.32 Å². The first-order valence-electron chi connectivity index (χ1n) is 8.89. The lowest BCUT2D eigenvalue weighted by molar-refractivity contribution is -0.142. The number of rotatable bonds is 9. The smallest absolute Gasteiger partial charge is 0.242 e. The second kappa shape index (κ2) is 10.1. The first-order valence-corrected chi connectivity index (χ1v) is 8.89. The van der Waals surface area contributed by atoms with Crippen LogP contribution in [0.25, 0.3) is 0 Å². The molecule has 1 saturated heterocycles. The summed E-state index contributed by atoms with van der Waals surface area (Å²) in [5.74, 6) is 0.857. The lowest BCUT2D eigenvalue weighted by Gasteiger charge is -2.34. The summed E-state index contributed by atoms with van der Waals surface area (Å²) in [6.45, 7) is 4.25. The number of furan rings is 1. The number of hydrogen-bond acceptors (Lipinski definition) is 4. The predicted molar refractivity (Wildman–Crippen MR) is 90.3 cm³/mol. The fourth-order valence-electron chi connectivity index (χ4n) is 2.93. The highest BCUT2D eigenvalue weighted by Gasteiger charge is 2.31. The molecular weight excluding hydrogens is 308 g/mol. The molecule has 6 nitrogen and oxygen atoms in total. The van der Waals surface area contributed by atoms with Crippen molar-refractivity contribution in [2.75, 3.05) is 19.7 Å². The largest absolute Gasteiger partial charge is 0.467 e. The highest BCUT2D eigenvalue weighted by atomic mass is 16.5. The van der Waals surface area contributed by atoms with E-state index in [1.165, 1.54) is 0 Å². The Balaban J connectivity index is 1.65. The molecule has 1 fully saturated rings. The monoisotopic (exact) mass is 336 g/mol. The topological polar surface area (TPSA) is 71.8 Å². The summed E-state index contributed by atoms with van der Waals surface area (Å²) in [6.07, 6.45) is 6.44. The van der Waals surface area contributed by atoms with Crippen LogP contribution in [-0.2, 0) is 20.9 Å². The van der Waals surface area contributed by atoms with Gasteiger partial charge < -0.3 is 19.4 Å². The number of carbonyl (C=O) groups excluding carboxylic acids is 2. The Morgan fingerprint density at radius 1 is 1.42 bits per heavy atom. The average molecular weight is 336 g/mol. The molecule has 2 heterocycles. The van der Waals surface area contributed by atoms with Gasteiger partial charge in [0.05, 0.1) is 6.26 Å². The Bertz CT molecular complexity index is 501. The Kier molecular flexibility index (Phi) is 7.82. The van der Waals surface area contributed by atoms with E-state index < -0.39 is 0 Å². The van der Waals surface area contributed by atoms with Crippen LogP contribution in [0.1, 0.15) is 51.2 Å². The predicted octanol–water partition coefficient (Wildman–Crippen LogP) is 2.48. The van der Waals surface area contributed by atoms with Gasteiger partial charge >= 0.3 is 0 Å². The number of amides is 2. The van der Waals surface area contributed by atoms with Crippen LogP contribution in [0.15, 0.2) is 22.8 Å². The van der Waals surface area contributed by atoms with Gasteiger partial charge in [0.1, 0.15) is 18.4 Å². The summed E-state index contributed by atoms with van der Waals surface area (Å²) < 4.78 is 10.7. The minimum Gasteiger partial charge on any atom is -0.467 e. The molecule has 0 aliphatic carbocycles. The molecule has 1 N–H and O–H groups in total. The second-order valence-corrected chi connectivity index (χ2v) is 6.13. The number of hydrogen-bond donors (Lipinski definition) is 1. The van der Waals surface area contributed by atoms with E-state index in [-0.39, 0.29) is 17.9 Å². The molecule has 134 valence electrons. The zero-order chi connectivity index (χ0) is 17.2. The molecule has 1 aromatic rings. The van der Waals surface area contributed by atoms with Crippen molar-refractivity contribution in [2.24, 2.45) is 0 Å². The van der Waals surface area contributed by atoms with E-state index in [4.69, 9.17) is 9.15 Å². The third kappa shape index (κ3) is 5.67. The first-order chi connectivity index (χ1) is 11.7. The Labute approximate surface area is 143 Å². The maximum Gasteiger partial charge on any atom is 0.242 e. The molecule has 0 saturated carbocycles. The number of ether oxygens (including phenoxy) is 1. The molecule has 1 aliphatic rings. The van der Waals surface area contributed by atoms with E-state index in [1.54, 1.807) is 11.2 Å². The van der Waals surface area contributed by atoms with Crippen molar-refractivity contribution in [2.45, 2.75) is 58.1 Å². The molecule has 6 heteroatoms. The summed E-state index contributed by atoms with van der Waals surface area (Å²) >= 11 is 0. The molecule has 0 aromatic carbocycles. The van der Waals surface area contributed by atoms with Gasteiger partial charge in [0.15, 0.2) is 0 Å². The van der Waals surface area contributed by atoms with Crippen LogP contribution in [0.5, 0.6) is 0 Å². The number of nitrogens with zero attached hydrogens (tertiary/aromatic N) is 1. The standard InChI is InChI=1S/C18H28N2O4/c1-2-7-17(21)20-11-4-3-9-16(20)18(22)19-10-6-12-23-14-15-8-5-13-24-15/h5,8,13,16H,2-4,6-7,9-12,14H2,1H3,(H,19,22). The van der Waals surface area contributed by atoms with E-state index in [1.807, 2.05) is 19.1 Å². The highest BCUT2D eigenvalue weighted by Crippen LogP contribution is 2.18. The summed E-state index contributed by atoms with van der Waals surface area (Å²) in [4.78, 5) is 26.3. The number of carbonyl (C=O) groups is 2.